The monoisotopic (exact) mass is 802 g/mol. The fraction of sp³-hybridized carbons (Fsp3) is 0.0357. The summed E-state index contributed by atoms with van der Waals surface area (Å²) >= 11 is 3.69. The summed E-state index contributed by atoms with van der Waals surface area (Å²) in [6.45, 7) is 4.44. The number of fused-ring (bicyclic) bond motifs is 7. The van der Waals surface area contributed by atoms with Crippen molar-refractivity contribution in [3.63, 3.8) is 0 Å². The van der Waals surface area contributed by atoms with Gasteiger partial charge < -0.3 is 9.80 Å². The molecule has 0 amide bonds. The molecule has 4 heteroatoms. The summed E-state index contributed by atoms with van der Waals surface area (Å²) < 4.78 is 0. The smallest absolute Gasteiger partial charge is 0.0601 e. The van der Waals surface area contributed by atoms with Gasteiger partial charge in [-0.2, -0.15) is 0 Å². The Morgan fingerprint density at radius 1 is 0.317 bits per heavy atom. The summed E-state index contributed by atoms with van der Waals surface area (Å²) in [7, 11) is 0. The summed E-state index contributed by atoms with van der Waals surface area (Å²) in [5, 5.41) is 7.40. The van der Waals surface area contributed by atoms with E-state index < -0.39 is 0 Å². The molecular formula is C56H38N2S2. The maximum absolute atomic E-state index is 2.46. The second kappa shape index (κ2) is 13.9. The maximum atomic E-state index is 2.46. The van der Waals surface area contributed by atoms with Crippen LogP contribution >= 0.6 is 23.5 Å². The molecule has 60 heavy (non-hydrogen) atoms. The van der Waals surface area contributed by atoms with Gasteiger partial charge in [-0.05, 0) is 158 Å². The molecule has 284 valence electrons. The molecule has 0 saturated heterocycles. The summed E-state index contributed by atoms with van der Waals surface area (Å²) in [5.74, 6) is 0. The van der Waals surface area contributed by atoms with Crippen molar-refractivity contribution in [3.05, 3.63) is 205 Å². The maximum Gasteiger partial charge on any atom is 0.0601 e. The van der Waals surface area contributed by atoms with E-state index in [4.69, 9.17) is 0 Å². The molecular weight excluding hydrogens is 765 g/mol. The van der Waals surface area contributed by atoms with Crippen molar-refractivity contribution in [2.45, 2.75) is 33.4 Å². The van der Waals surface area contributed by atoms with Crippen LogP contribution in [0.15, 0.2) is 214 Å². The normalized spacial score (nSPS) is 13.0. The van der Waals surface area contributed by atoms with Crippen molar-refractivity contribution >= 4 is 90.0 Å². The molecule has 0 aromatic heterocycles. The molecule has 10 aromatic carbocycles. The highest BCUT2D eigenvalue weighted by molar-refractivity contribution is 8.00. The Labute approximate surface area is 358 Å². The predicted octanol–water partition coefficient (Wildman–Crippen LogP) is 17.0. The molecule has 10 aromatic rings. The Balaban J connectivity index is 1.20. The number of para-hydroxylation sites is 4. The minimum Gasteiger partial charge on any atom is -0.308 e. The standard InChI is InChI=1S/C56H38N2S2/c1-35-23-24-39(31-36(35)2)55-43-29-27-42(58-49-17-7-11-21-53(49)60-54-22-12-8-18-50(54)58)34-46(43)56(40-26-25-37-13-3-4-14-38(37)32-40)44-30-28-41(33-45(44)55)57-47-15-5-9-19-51(47)59-52-20-10-6-16-48(52)57/h3-34H,1-2H3. The minimum atomic E-state index is 1.14. The Bertz CT molecular complexity index is 3300. The predicted molar refractivity (Wildman–Crippen MR) is 257 cm³/mol. The fourth-order valence-corrected chi connectivity index (χ4v) is 11.4. The molecule has 0 fully saturated rings. The first kappa shape index (κ1) is 35.2. The molecule has 0 unspecified atom stereocenters. The lowest BCUT2D eigenvalue weighted by atomic mass is 9.84. The quantitative estimate of drug-likeness (QED) is 0.163. The lowest BCUT2D eigenvalue weighted by Gasteiger charge is -2.34. The Hall–Kier alpha value is -6.72. The number of nitrogens with zero attached hydrogens (tertiary/aromatic N) is 2. The van der Waals surface area contributed by atoms with Gasteiger partial charge in [-0.3, -0.25) is 0 Å². The first-order valence-corrected chi connectivity index (χ1v) is 22.1. The van der Waals surface area contributed by atoms with E-state index in [-0.39, 0.29) is 0 Å². The zero-order valence-corrected chi connectivity index (χ0v) is 34.8. The molecule has 2 nitrogen and oxygen atoms in total. The number of rotatable bonds is 4. The van der Waals surface area contributed by atoms with Gasteiger partial charge in [0.25, 0.3) is 0 Å². The summed E-state index contributed by atoms with van der Waals surface area (Å²) in [4.78, 5) is 9.94. The van der Waals surface area contributed by atoms with Gasteiger partial charge >= 0.3 is 0 Å². The van der Waals surface area contributed by atoms with Crippen molar-refractivity contribution in [1.29, 1.82) is 0 Å². The van der Waals surface area contributed by atoms with Gasteiger partial charge in [0.2, 0.25) is 0 Å². The van der Waals surface area contributed by atoms with Gasteiger partial charge in [0.15, 0.2) is 0 Å². The van der Waals surface area contributed by atoms with Crippen LogP contribution in [0.4, 0.5) is 34.1 Å². The Kier molecular flexibility index (Phi) is 8.19. The Morgan fingerprint density at radius 3 is 1.22 bits per heavy atom. The van der Waals surface area contributed by atoms with E-state index >= 15 is 0 Å². The highest BCUT2D eigenvalue weighted by Crippen LogP contribution is 2.55. The highest BCUT2D eigenvalue weighted by atomic mass is 32.2. The second-order valence-corrected chi connectivity index (χ2v) is 18.0. The molecule has 2 heterocycles. The zero-order valence-electron chi connectivity index (χ0n) is 33.2. The van der Waals surface area contributed by atoms with Crippen LogP contribution in [0.3, 0.4) is 0 Å². The third-order valence-corrected chi connectivity index (χ3v) is 14.6. The molecule has 0 saturated carbocycles. The van der Waals surface area contributed by atoms with Gasteiger partial charge in [-0.15, -0.1) is 0 Å². The average Bonchev–Trinajstić information content (AvgIpc) is 3.29. The zero-order chi connectivity index (χ0) is 39.9. The first-order valence-electron chi connectivity index (χ1n) is 20.5. The van der Waals surface area contributed by atoms with E-state index in [2.05, 4.69) is 218 Å². The van der Waals surface area contributed by atoms with Crippen molar-refractivity contribution in [2.24, 2.45) is 0 Å². The van der Waals surface area contributed by atoms with E-state index in [9.17, 15) is 0 Å². The molecule has 0 radical (unpaired) electrons. The molecule has 0 aliphatic carbocycles. The third-order valence-electron chi connectivity index (χ3n) is 12.3. The third kappa shape index (κ3) is 5.59. The van der Waals surface area contributed by atoms with Crippen LogP contribution in [0.2, 0.25) is 0 Å². The Morgan fingerprint density at radius 2 is 0.733 bits per heavy atom. The summed E-state index contributed by atoms with van der Waals surface area (Å²) in [5.41, 5.74) is 14.6. The van der Waals surface area contributed by atoms with Crippen molar-refractivity contribution in [1.82, 2.24) is 0 Å². The number of benzene rings is 10. The fourth-order valence-electron chi connectivity index (χ4n) is 9.31. The van der Waals surface area contributed by atoms with Gasteiger partial charge in [-0.25, -0.2) is 0 Å². The van der Waals surface area contributed by atoms with Gasteiger partial charge in [0.05, 0.1) is 22.7 Å². The van der Waals surface area contributed by atoms with E-state index in [0.29, 0.717) is 0 Å². The number of hydrogen-bond donors (Lipinski definition) is 0. The molecule has 2 aliphatic rings. The van der Waals surface area contributed by atoms with Crippen LogP contribution in [-0.2, 0) is 0 Å². The lowest BCUT2D eigenvalue weighted by Crippen LogP contribution is -2.15. The minimum absolute atomic E-state index is 1.14. The van der Waals surface area contributed by atoms with Gasteiger partial charge in [0.1, 0.15) is 0 Å². The largest absolute Gasteiger partial charge is 0.308 e. The van der Waals surface area contributed by atoms with Crippen LogP contribution < -0.4 is 9.80 Å². The topological polar surface area (TPSA) is 6.48 Å². The number of anilines is 6. The van der Waals surface area contributed by atoms with Gasteiger partial charge in [0, 0.05) is 31.0 Å². The summed E-state index contributed by atoms with van der Waals surface area (Å²) in [6.07, 6.45) is 0. The van der Waals surface area contributed by atoms with Crippen LogP contribution in [0.5, 0.6) is 0 Å². The van der Waals surface area contributed by atoms with Crippen LogP contribution in [0.25, 0.3) is 54.6 Å². The van der Waals surface area contributed by atoms with E-state index in [0.717, 1.165) is 11.4 Å². The van der Waals surface area contributed by atoms with E-state index in [1.807, 2.05) is 23.5 Å². The van der Waals surface area contributed by atoms with Crippen LogP contribution in [0.1, 0.15) is 11.1 Å². The van der Waals surface area contributed by atoms with Crippen LogP contribution in [0, 0.1) is 13.8 Å². The van der Waals surface area contributed by atoms with Crippen molar-refractivity contribution < 1.29 is 0 Å². The molecule has 0 atom stereocenters. The molecule has 0 spiro atoms. The molecule has 2 aliphatic heterocycles. The lowest BCUT2D eigenvalue weighted by molar-refractivity contribution is 1.17. The highest BCUT2D eigenvalue weighted by Gasteiger charge is 2.28. The molecule has 0 N–H and O–H groups in total. The van der Waals surface area contributed by atoms with E-state index in [1.54, 1.807) is 0 Å². The molecule has 12 rings (SSSR count). The van der Waals surface area contributed by atoms with Crippen molar-refractivity contribution in [2.75, 3.05) is 9.80 Å². The number of aryl methyl sites for hydroxylation is 2. The first-order chi connectivity index (χ1) is 29.6. The van der Waals surface area contributed by atoms with E-state index in [1.165, 1.54) is 108 Å². The summed E-state index contributed by atoms with van der Waals surface area (Å²) in [6, 6.07) is 72.2. The van der Waals surface area contributed by atoms with Crippen LogP contribution in [-0.4, -0.2) is 0 Å². The SMILES string of the molecule is Cc1ccc(-c2c3ccc(N4c5ccccc5Sc5ccccc54)cc3c(-c3ccc4ccccc4c3)c3ccc(N4c5ccccc5Sc5ccccc54)cc23)cc1C. The number of hydrogen-bond acceptors (Lipinski definition) is 4. The second-order valence-electron chi connectivity index (χ2n) is 15.8. The van der Waals surface area contributed by atoms with Gasteiger partial charge in [-0.1, -0.05) is 139 Å². The average molecular weight is 803 g/mol. The molecule has 0 bridgehead atoms. The van der Waals surface area contributed by atoms with Crippen molar-refractivity contribution in [3.8, 4) is 22.3 Å².